The van der Waals surface area contributed by atoms with Crippen molar-refractivity contribution in [3.63, 3.8) is 0 Å². The Morgan fingerprint density at radius 2 is 2.14 bits per heavy atom. The summed E-state index contributed by atoms with van der Waals surface area (Å²) < 4.78 is 25.2. The molecule has 122 valence electrons. The molecule has 2 bridgehead atoms. The average molecular weight is 342 g/mol. The molecule has 5 nitrogen and oxygen atoms in total. The summed E-state index contributed by atoms with van der Waals surface area (Å²) >= 11 is 1.65. The second-order valence-corrected chi connectivity index (χ2v) is 9.12. The minimum atomic E-state index is -3.18. The van der Waals surface area contributed by atoms with Crippen molar-refractivity contribution in [1.82, 2.24) is 9.21 Å². The highest BCUT2D eigenvalue weighted by molar-refractivity contribution is 7.88. The smallest absolute Gasteiger partial charge is 0.223 e. The number of hydrogen-bond acceptors (Lipinski definition) is 4. The van der Waals surface area contributed by atoms with E-state index in [9.17, 15) is 13.2 Å². The van der Waals surface area contributed by atoms with Crippen molar-refractivity contribution in [3.8, 4) is 0 Å². The molecule has 22 heavy (non-hydrogen) atoms. The molecule has 1 aromatic heterocycles. The molecule has 3 saturated heterocycles. The van der Waals surface area contributed by atoms with Crippen LogP contribution in [0.3, 0.4) is 0 Å². The lowest BCUT2D eigenvalue weighted by molar-refractivity contribution is -0.135. The third kappa shape index (κ3) is 3.52. The van der Waals surface area contributed by atoms with Gasteiger partial charge in [-0.3, -0.25) is 4.79 Å². The van der Waals surface area contributed by atoms with Crippen LogP contribution in [-0.4, -0.2) is 55.5 Å². The molecular formula is C15H22N2O3S2. The third-order valence-corrected chi connectivity index (χ3v) is 6.65. The first-order chi connectivity index (χ1) is 10.4. The van der Waals surface area contributed by atoms with Crippen LogP contribution in [0.4, 0.5) is 0 Å². The van der Waals surface area contributed by atoms with Crippen molar-refractivity contribution in [2.75, 3.05) is 25.9 Å². The molecule has 3 fully saturated rings. The van der Waals surface area contributed by atoms with E-state index < -0.39 is 10.0 Å². The molecule has 0 aliphatic carbocycles. The molecule has 0 unspecified atom stereocenters. The van der Waals surface area contributed by atoms with Gasteiger partial charge in [-0.15, -0.1) is 0 Å². The summed E-state index contributed by atoms with van der Waals surface area (Å²) in [6.45, 7) is 1.72. The Bertz CT molecular complexity index is 627. The Balaban J connectivity index is 1.66. The number of piperidine rings is 1. The van der Waals surface area contributed by atoms with E-state index in [-0.39, 0.29) is 17.9 Å². The fraction of sp³-hybridized carbons (Fsp3) is 0.667. The zero-order valence-corrected chi connectivity index (χ0v) is 14.4. The molecule has 3 aliphatic rings. The number of sulfonamides is 1. The predicted molar refractivity (Wildman–Crippen MR) is 87.3 cm³/mol. The number of thiophene rings is 1. The van der Waals surface area contributed by atoms with Crippen LogP contribution in [-0.2, 0) is 21.2 Å². The number of rotatable bonds is 4. The molecule has 4 heterocycles. The van der Waals surface area contributed by atoms with Gasteiger partial charge in [0.15, 0.2) is 0 Å². The first-order valence-electron chi connectivity index (χ1n) is 7.69. The van der Waals surface area contributed by atoms with Crippen molar-refractivity contribution in [1.29, 1.82) is 0 Å². The number of amides is 1. The molecule has 0 radical (unpaired) electrons. The van der Waals surface area contributed by atoms with Crippen LogP contribution in [0.2, 0.25) is 0 Å². The number of carbonyl (C=O) groups excluding carboxylic acids is 1. The first-order valence-corrected chi connectivity index (χ1v) is 10.5. The Morgan fingerprint density at radius 1 is 1.32 bits per heavy atom. The molecule has 0 aromatic carbocycles. The molecule has 4 rings (SSSR count). The predicted octanol–water partition coefficient (Wildman–Crippen LogP) is 1.56. The SMILES string of the molecule is CS(=O)(=O)N1C[C@H]2CC[C@@H](C1)N(C(=O)CCc1ccsc1)C2. The quantitative estimate of drug-likeness (QED) is 0.834. The van der Waals surface area contributed by atoms with Gasteiger partial charge in [-0.05, 0) is 47.6 Å². The summed E-state index contributed by atoms with van der Waals surface area (Å²) in [5.74, 6) is 0.440. The second-order valence-electron chi connectivity index (χ2n) is 6.35. The zero-order valence-electron chi connectivity index (χ0n) is 12.8. The molecule has 1 amide bonds. The van der Waals surface area contributed by atoms with Crippen molar-refractivity contribution >= 4 is 27.3 Å². The summed E-state index contributed by atoms with van der Waals surface area (Å²) in [4.78, 5) is 14.5. The van der Waals surface area contributed by atoms with Crippen LogP contribution in [0.5, 0.6) is 0 Å². The third-order valence-electron chi connectivity index (χ3n) is 4.68. The van der Waals surface area contributed by atoms with Crippen LogP contribution in [0.15, 0.2) is 16.8 Å². The van der Waals surface area contributed by atoms with E-state index in [2.05, 4.69) is 11.4 Å². The summed E-state index contributed by atoms with van der Waals surface area (Å²) in [5, 5.41) is 4.10. The van der Waals surface area contributed by atoms with Crippen LogP contribution >= 0.6 is 11.3 Å². The minimum Gasteiger partial charge on any atom is -0.338 e. The highest BCUT2D eigenvalue weighted by atomic mass is 32.2. The van der Waals surface area contributed by atoms with Crippen LogP contribution in [0.1, 0.15) is 24.8 Å². The topological polar surface area (TPSA) is 57.7 Å². The largest absolute Gasteiger partial charge is 0.338 e. The van der Waals surface area contributed by atoms with Crippen molar-refractivity contribution in [2.24, 2.45) is 5.92 Å². The Labute approximate surface area is 136 Å². The van der Waals surface area contributed by atoms with Gasteiger partial charge >= 0.3 is 0 Å². The summed E-state index contributed by atoms with van der Waals surface area (Å²) in [6, 6.07) is 2.10. The van der Waals surface area contributed by atoms with E-state index >= 15 is 0 Å². The Hall–Kier alpha value is -0.920. The normalized spacial score (nSPS) is 26.1. The van der Waals surface area contributed by atoms with Crippen LogP contribution in [0, 0.1) is 5.92 Å². The summed E-state index contributed by atoms with van der Waals surface area (Å²) in [5.41, 5.74) is 1.20. The number of fused-ring (bicyclic) bond motifs is 4. The van der Waals surface area contributed by atoms with E-state index in [0.29, 0.717) is 26.1 Å². The van der Waals surface area contributed by atoms with Gasteiger partial charge in [0.1, 0.15) is 0 Å². The lowest BCUT2D eigenvalue weighted by Gasteiger charge is -2.36. The molecule has 2 atom stereocenters. The lowest BCUT2D eigenvalue weighted by Crippen LogP contribution is -2.47. The summed E-state index contributed by atoms with van der Waals surface area (Å²) in [7, 11) is -3.18. The van der Waals surface area contributed by atoms with Gasteiger partial charge in [0, 0.05) is 32.1 Å². The van der Waals surface area contributed by atoms with E-state index in [0.717, 1.165) is 19.3 Å². The fourth-order valence-corrected chi connectivity index (χ4v) is 5.07. The van der Waals surface area contributed by atoms with Crippen molar-refractivity contribution in [2.45, 2.75) is 31.7 Å². The molecular weight excluding hydrogens is 320 g/mol. The van der Waals surface area contributed by atoms with Gasteiger partial charge in [0.25, 0.3) is 0 Å². The number of carbonyl (C=O) groups is 1. The number of aryl methyl sites for hydroxylation is 1. The molecule has 0 saturated carbocycles. The monoisotopic (exact) mass is 342 g/mol. The van der Waals surface area contributed by atoms with Gasteiger partial charge < -0.3 is 4.90 Å². The van der Waals surface area contributed by atoms with E-state index in [1.807, 2.05) is 10.3 Å². The molecule has 3 aliphatic heterocycles. The van der Waals surface area contributed by atoms with Crippen molar-refractivity contribution in [3.05, 3.63) is 22.4 Å². The van der Waals surface area contributed by atoms with Gasteiger partial charge in [-0.1, -0.05) is 0 Å². The standard InChI is InChI=1S/C15H22N2O3S2/c1-22(19,20)16-8-13-2-4-14(10-16)17(9-13)15(18)5-3-12-6-7-21-11-12/h6-7,11,13-14H,2-5,8-10H2,1H3/t13-,14+/m1/s1. The maximum Gasteiger partial charge on any atom is 0.223 e. The maximum atomic E-state index is 12.6. The first kappa shape index (κ1) is 16.0. The molecule has 0 N–H and O–H groups in total. The summed E-state index contributed by atoms with van der Waals surface area (Å²) in [6.07, 6.45) is 4.48. The van der Waals surface area contributed by atoms with E-state index in [1.54, 1.807) is 15.6 Å². The van der Waals surface area contributed by atoms with Crippen LogP contribution < -0.4 is 0 Å². The van der Waals surface area contributed by atoms with E-state index in [4.69, 9.17) is 0 Å². The maximum absolute atomic E-state index is 12.6. The number of hydrogen-bond donors (Lipinski definition) is 0. The van der Waals surface area contributed by atoms with E-state index in [1.165, 1.54) is 11.8 Å². The van der Waals surface area contributed by atoms with Gasteiger partial charge in [0.05, 0.1) is 6.26 Å². The second kappa shape index (κ2) is 6.29. The minimum absolute atomic E-state index is 0.0449. The van der Waals surface area contributed by atoms with Gasteiger partial charge in [0.2, 0.25) is 15.9 Å². The molecule has 0 spiro atoms. The van der Waals surface area contributed by atoms with Gasteiger partial charge in [-0.2, -0.15) is 15.6 Å². The van der Waals surface area contributed by atoms with Crippen LogP contribution in [0.25, 0.3) is 0 Å². The Kier molecular flexibility index (Phi) is 4.56. The lowest BCUT2D eigenvalue weighted by atomic mass is 9.94. The van der Waals surface area contributed by atoms with Gasteiger partial charge in [-0.25, -0.2) is 8.42 Å². The highest BCUT2D eigenvalue weighted by Gasteiger charge is 2.39. The highest BCUT2D eigenvalue weighted by Crippen LogP contribution is 2.29. The molecule has 1 aromatic rings. The average Bonchev–Trinajstić information content (AvgIpc) is 2.80. The number of nitrogens with zero attached hydrogens (tertiary/aromatic N) is 2. The zero-order chi connectivity index (χ0) is 15.7. The van der Waals surface area contributed by atoms with Crippen molar-refractivity contribution < 1.29 is 13.2 Å². The fourth-order valence-electron chi connectivity index (χ4n) is 3.44. The molecule has 7 heteroatoms. The Morgan fingerprint density at radius 3 is 2.82 bits per heavy atom.